The lowest BCUT2D eigenvalue weighted by Crippen LogP contribution is -2.49. The fourth-order valence-corrected chi connectivity index (χ4v) is 3.39. The highest BCUT2D eigenvalue weighted by molar-refractivity contribution is 7.89. The van der Waals surface area contributed by atoms with Crippen molar-refractivity contribution in [2.75, 3.05) is 43.8 Å². The van der Waals surface area contributed by atoms with E-state index >= 15 is 0 Å². The van der Waals surface area contributed by atoms with E-state index in [2.05, 4.69) is 15.4 Å². The normalized spacial score (nSPS) is 17.5. The number of nitrogens with zero attached hydrogens (tertiary/aromatic N) is 3. The van der Waals surface area contributed by atoms with Gasteiger partial charge in [0.15, 0.2) is 5.82 Å². The Balaban J connectivity index is 1.71. The molecule has 0 aliphatic carbocycles. The molecule has 0 bridgehead atoms. The van der Waals surface area contributed by atoms with Crippen LogP contribution < -0.4 is 5.32 Å². The lowest BCUT2D eigenvalue weighted by Gasteiger charge is -2.33. The Kier molecular flexibility index (Phi) is 5.54. The maximum atomic E-state index is 11.8. The minimum Gasteiger partial charge on any atom is -0.360 e. The zero-order chi connectivity index (χ0) is 16.2. The summed E-state index contributed by atoms with van der Waals surface area (Å²) in [7, 11) is -3.11. The van der Waals surface area contributed by atoms with Gasteiger partial charge >= 0.3 is 0 Å². The average molecular weight is 330 g/mol. The molecule has 1 N–H and O–H groups in total. The van der Waals surface area contributed by atoms with Gasteiger partial charge in [0.25, 0.3) is 0 Å². The van der Waals surface area contributed by atoms with Crippen LogP contribution in [0.1, 0.15) is 19.1 Å². The summed E-state index contributed by atoms with van der Waals surface area (Å²) in [5.41, 5.74) is 0. The van der Waals surface area contributed by atoms with Crippen LogP contribution in [0.4, 0.5) is 5.82 Å². The van der Waals surface area contributed by atoms with E-state index in [0.717, 1.165) is 0 Å². The molecule has 8 nitrogen and oxygen atoms in total. The first-order valence-corrected chi connectivity index (χ1v) is 8.95. The van der Waals surface area contributed by atoms with Gasteiger partial charge in [0.2, 0.25) is 15.9 Å². The SMILES string of the molecule is CCS(=O)(=O)N1CCN(CCC(=O)Nc2cc(C)on2)CC1. The first-order chi connectivity index (χ1) is 10.4. The third-order valence-electron chi connectivity index (χ3n) is 3.64. The monoisotopic (exact) mass is 330 g/mol. The van der Waals surface area contributed by atoms with Crippen molar-refractivity contribution in [3.8, 4) is 0 Å². The van der Waals surface area contributed by atoms with E-state index < -0.39 is 10.0 Å². The van der Waals surface area contributed by atoms with Crippen molar-refractivity contribution in [1.29, 1.82) is 0 Å². The van der Waals surface area contributed by atoms with E-state index in [0.29, 0.717) is 50.7 Å². The number of hydrogen-bond donors (Lipinski definition) is 1. The van der Waals surface area contributed by atoms with Crippen molar-refractivity contribution in [2.24, 2.45) is 0 Å². The number of aryl methyl sites for hydroxylation is 1. The molecule has 1 aromatic heterocycles. The summed E-state index contributed by atoms with van der Waals surface area (Å²) in [6.07, 6.45) is 0.340. The number of nitrogens with one attached hydrogen (secondary N) is 1. The van der Waals surface area contributed by atoms with Crippen LogP contribution >= 0.6 is 0 Å². The van der Waals surface area contributed by atoms with Crippen molar-refractivity contribution in [2.45, 2.75) is 20.3 Å². The largest absolute Gasteiger partial charge is 0.360 e. The predicted molar refractivity (Wildman–Crippen MR) is 82.0 cm³/mol. The molecule has 0 saturated carbocycles. The van der Waals surface area contributed by atoms with Gasteiger partial charge in [-0.3, -0.25) is 4.79 Å². The lowest BCUT2D eigenvalue weighted by molar-refractivity contribution is -0.116. The van der Waals surface area contributed by atoms with E-state index in [1.807, 2.05) is 0 Å². The minimum absolute atomic E-state index is 0.128. The lowest BCUT2D eigenvalue weighted by atomic mass is 10.3. The molecule has 1 aromatic rings. The number of piperazine rings is 1. The number of carbonyl (C=O) groups is 1. The second-order valence-corrected chi connectivity index (χ2v) is 7.52. The number of carbonyl (C=O) groups excluding carboxylic acids is 1. The van der Waals surface area contributed by atoms with Crippen LogP contribution in [0.25, 0.3) is 0 Å². The van der Waals surface area contributed by atoms with Crippen LogP contribution in [0.3, 0.4) is 0 Å². The summed E-state index contributed by atoms with van der Waals surface area (Å²) in [5.74, 6) is 1.06. The molecule has 1 fully saturated rings. The topological polar surface area (TPSA) is 95.8 Å². The fraction of sp³-hybridized carbons (Fsp3) is 0.692. The van der Waals surface area contributed by atoms with Crippen LogP contribution in [0, 0.1) is 6.92 Å². The van der Waals surface area contributed by atoms with Crippen LogP contribution in [0.5, 0.6) is 0 Å². The molecule has 2 heterocycles. The highest BCUT2D eigenvalue weighted by atomic mass is 32.2. The van der Waals surface area contributed by atoms with E-state index in [-0.39, 0.29) is 11.7 Å². The molecule has 124 valence electrons. The second kappa shape index (κ2) is 7.21. The molecular formula is C13H22N4O4S. The van der Waals surface area contributed by atoms with E-state index in [4.69, 9.17) is 4.52 Å². The summed E-state index contributed by atoms with van der Waals surface area (Å²) < 4.78 is 29.9. The van der Waals surface area contributed by atoms with Gasteiger partial charge in [-0.2, -0.15) is 4.31 Å². The zero-order valence-corrected chi connectivity index (χ0v) is 13.7. The van der Waals surface area contributed by atoms with Crippen molar-refractivity contribution in [3.63, 3.8) is 0 Å². The quantitative estimate of drug-likeness (QED) is 0.805. The molecule has 1 amide bonds. The van der Waals surface area contributed by atoms with Gasteiger partial charge in [-0.1, -0.05) is 5.16 Å². The van der Waals surface area contributed by atoms with Crippen molar-refractivity contribution in [3.05, 3.63) is 11.8 Å². The molecule has 0 atom stereocenters. The molecule has 0 spiro atoms. The van der Waals surface area contributed by atoms with Crippen molar-refractivity contribution >= 4 is 21.7 Å². The standard InChI is InChI=1S/C13H22N4O4S/c1-3-22(19,20)17-8-6-16(7-9-17)5-4-13(18)14-12-10-11(2)21-15-12/h10H,3-9H2,1-2H3,(H,14,15,18). The second-order valence-electron chi connectivity index (χ2n) is 5.26. The van der Waals surface area contributed by atoms with Gasteiger partial charge in [0, 0.05) is 45.2 Å². The summed E-state index contributed by atoms with van der Waals surface area (Å²) in [6, 6.07) is 1.66. The number of aromatic nitrogens is 1. The number of hydrogen-bond acceptors (Lipinski definition) is 6. The Labute approximate surface area is 130 Å². The number of anilines is 1. The molecular weight excluding hydrogens is 308 g/mol. The smallest absolute Gasteiger partial charge is 0.226 e. The number of rotatable bonds is 6. The summed E-state index contributed by atoms with van der Waals surface area (Å²) in [4.78, 5) is 13.9. The highest BCUT2D eigenvalue weighted by Gasteiger charge is 2.25. The van der Waals surface area contributed by atoms with E-state index in [9.17, 15) is 13.2 Å². The summed E-state index contributed by atoms with van der Waals surface area (Å²) in [5, 5.41) is 6.37. The molecule has 1 aliphatic heterocycles. The third kappa shape index (κ3) is 4.52. The minimum atomic E-state index is -3.11. The van der Waals surface area contributed by atoms with Crippen molar-refractivity contribution in [1.82, 2.24) is 14.4 Å². The maximum absolute atomic E-state index is 11.8. The van der Waals surface area contributed by atoms with Gasteiger partial charge in [0.05, 0.1) is 5.75 Å². The van der Waals surface area contributed by atoms with Crippen LogP contribution in [0.2, 0.25) is 0 Å². The maximum Gasteiger partial charge on any atom is 0.226 e. The zero-order valence-electron chi connectivity index (χ0n) is 12.9. The molecule has 22 heavy (non-hydrogen) atoms. The molecule has 0 radical (unpaired) electrons. The first-order valence-electron chi connectivity index (χ1n) is 7.34. The van der Waals surface area contributed by atoms with Gasteiger partial charge in [0.1, 0.15) is 5.76 Å². The highest BCUT2D eigenvalue weighted by Crippen LogP contribution is 2.10. The summed E-state index contributed by atoms with van der Waals surface area (Å²) >= 11 is 0. The number of sulfonamides is 1. The Morgan fingerprint density at radius 3 is 2.59 bits per heavy atom. The van der Waals surface area contributed by atoms with Crippen LogP contribution in [-0.2, 0) is 14.8 Å². The van der Waals surface area contributed by atoms with Crippen LogP contribution in [0.15, 0.2) is 10.6 Å². The molecule has 1 aliphatic rings. The molecule has 9 heteroatoms. The van der Waals surface area contributed by atoms with Crippen LogP contribution in [-0.4, -0.2) is 67.2 Å². The number of amides is 1. The molecule has 1 saturated heterocycles. The van der Waals surface area contributed by atoms with Crippen molar-refractivity contribution < 1.29 is 17.7 Å². The third-order valence-corrected chi connectivity index (χ3v) is 5.52. The van der Waals surface area contributed by atoms with Gasteiger partial charge in [-0.15, -0.1) is 0 Å². The Morgan fingerprint density at radius 1 is 1.36 bits per heavy atom. The average Bonchev–Trinajstić information content (AvgIpc) is 2.90. The van der Waals surface area contributed by atoms with Gasteiger partial charge in [-0.25, -0.2) is 8.42 Å². The van der Waals surface area contributed by atoms with Gasteiger partial charge in [-0.05, 0) is 13.8 Å². The molecule has 0 aromatic carbocycles. The predicted octanol–water partition coefficient (Wildman–Crippen LogP) is 0.279. The Morgan fingerprint density at radius 2 is 2.05 bits per heavy atom. The Bertz CT molecular complexity index is 605. The summed E-state index contributed by atoms with van der Waals surface area (Å²) in [6.45, 7) is 6.28. The van der Waals surface area contributed by atoms with Gasteiger partial charge < -0.3 is 14.7 Å². The first kappa shape index (κ1) is 16.9. The van der Waals surface area contributed by atoms with E-state index in [1.54, 1.807) is 19.9 Å². The molecule has 2 rings (SSSR count). The molecule has 0 unspecified atom stereocenters. The fourth-order valence-electron chi connectivity index (χ4n) is 2.30. The Hall–Kier alpha value is -1.45. The van der Waals surface area contributed by atoms with E-state index in [1.165, 1.54) is 4.31 Å².